The lowest BCUT2D eigenvalue weighted by Crippen LogP contribution is -2.25. The Morgan fingerprint density at radius 3 is 2.19 bits per heavy atom. The molecule has 0 radical (unpaired) electrons. The molecular formula is C18H24N2O6. The molecule has 0 atom stereocenters. The molecule has 1 N–H and O–H groups in total. The van der Waals surface area contributed by atoms with Crippen molar-refractivity contribution < 1.29 is 28.6 Å². The number of nitrogens with zero attached hydrogens (tertiary/aromatic N) is 1. The van der Waals surface area contributed by atoms with Crippen molar-refractivity contribution >= 4 is 17.9 Å². The van der Waals surface area contributed by atoms with Gasteiger partial charge in [0.15, 0.2) is 0 Å². The van der Waals surface area contributed by atoms with E-state index >= 15 is 0 Å². The van der Waals surface area contributed by atoms with E-state index in [1.807, 2.05) is 0 Å². The Morgan fingerprint density at radius 2 is 1.69 bits per heavy atom. The number of esters is 3. The summed E-state index contributed by atoms with van der Waals surface area (Å²) in [6.07, 6.45) is 0.0784. The Labute approximate surface area is 152 Å². The largest absolute Gasteiger partial charge is 0.469 e. The van der Waals surface area contributed by atoms with Crippen LogP contribution in [0.5, 0.6) is 0 Å². The number of H-pyrrole nitrogens is 1. The van der Waals surface area contributed by atoms with Crippen LogP contribution in [0.15, 0.2) is 0 Å². The van der Waals surface area contributed by atoms with Crippen molar-refractivity contribution in [2.45, 2.75) is 52.2 Å². The lowest BCUT2D eigenvalue weighted by molar-refractivity contribution is -0.141. The van der Waals surface area contributed by atoms with E-state index in [4.69, 9.17) is 16.0 Å². The molecule has 0 fully saturated rings. The number of aromatic amines is 1. The fraction of sp³-hybridized carbons (Fsp3) is 0.556. The fourth-order valence-corrected chi connectivity index (χ4v) is 2.39. The monoisotopic (exact) mass is 364 g/mol. The van der Waals surface area contributed by atoms with E-state index in [0.717, 1.165) is 0 Å². The van der Waals surface area contributed by atoms with Gasteiger partial charge in [-0.25, -0.2) is 11.4 Å². The molecule has 8 nitrogen and oxygen atoms in total. The zero-order valence-corrected chi connectivity index (χ0v) is 15.7. The zero-order chi connectivity index (χ0) is 19.9. The zero-order valence-electron chi connectivity index (χ0n) is 15.7. The van der Waals surface area contributed by atoms with Crippen molar-refractivity contribution in [2.24, 2.45) is 0 Å². The van der Waals surface area contributed by atoms with E-state index in [1.165, 1.54) is 14.2 Å². The third kappa shape index (κ3) is 5.92. The van der Waals surface area contributed by atoms with Crippen molar-refractivity contribution in [1.82, 2.24) is 4.98 Å². The average Bonchev–Trinajstić information content (AvgIpc) is 2.89. The van der Waals surface area contributed by atoms with E-state index in [2.05, 4.69) is 14.6 Å². The standard InChI is InChI=1S/C18H24N2O6/c1-18(2,3)26-17(23)16-11(7-8-14(21)24-5)12(9-15(22)25-6)13(20-16)10-19-4/h20H,7-10H2,1-3,5-6H3. The molecule has 0 aromatic carbocycles. The van der Waals surface area contributed by atoms with Crippen LogP contribution in [0.3, 0.4) is 0 Å². The third-order valence-corrected chi connectivity index (χ3v) is 3.50. The molecule has 0 aliphatic rings. The lowest BCUT2D eigenvalue weighted by atomic mass is 10.0. The molecule has 1 aromatic rings. The highest BCUT2D eigenvalue weighted by Gasteiger charge is 2.28. The molecule has 0 aliphatic carbocycles. The topological polar surface area (TPSA) is 99.0 Å². The van der Waals surface area contributed by atoms with Crippen LogP contribution >= 0.6 is 0 Å². The molecule has 1 heterocycles. The summed E-state index contributed by atoms with van der Waals surface area (Å²) < 4.78 is 14.7. The van der Waals surface area contributed by atoms with Crippen LogP contribution in [0, 0.1) is 6.57 Å². The second kappa shape index (κ2) is 9.04. The Hall–Kier alpha value is -2.82. The van der Waals surface area contributed by atoms with Gasteiger partial charge in [0.1, 0.15) is 11.3 Å². The number of hydrogen-bond donors (Lipinski definition) is 1. The van der Waals surface area contributed by atoms with Crippen LogP contribution in [-0.4, -0.2) is 42.7 Å². The van der Waals surface area contributed by atoms with E-state index < -0.39 is 23.5 Å². The quantitative estimate of drug-likeness (QED) is 0.452. The van der Waals surface area contributed by atoms with Gasteiger partial charge in [-0.1, -0.05) is 0 Å². The van der Waals surface area contributed by atoms with Crippen LogP contribution in [0.1, 0.15) is 54.5 Å². The summed E-state index contributed by atoms with van der Waals surface area (Å²) in [5, 5.41) is 0. The maximum absolute atomic E-state index is 12.6. The van der Waals surface area contributed by atoms with Crippen LogP contribution in [0.4, 0.5) is 0 Å². The summed E-state index contributed by atoms with van der Waals surface area (Å²) in [6.45, 7) is 12.3. The Morgan fingerprint density at radius 1 is 1.08 bits per heavy atom. The molecule has 0 bridgehead atoms. The minimum Gasteiger partial charge on any atom is -0.469 e. The van der Waals surface area contributed by atoms with Gasteiger partial charge in [-0.3, -0.25) is 9.59 Å². The molecule has 0 aliphatic heterocycles. The number of hydrogen-bond acceptors (Lipinski definition) is 6. The SMILES string of the molecule is [C-]#[N+]Cc1[nH]c(C(=O)OC(C)(C)C)c(CCC(=O)OC)c1CC(=O)OC. The molecule has 0 saturated carbocycles. The first-order valence-electron chi connectivity index (χ1n) is 8.05. The van der Waals surface area contributed by atoms with Crippen molar-refractivity contribution in [3.8, 4) is 0 Å². The van der Waals surface area contributed by atoms with Crippen LogP contribution < -0.4 is 0 Å². The molecule has 0 saturated heterocycles. The van der Waals surface area contributed by atoms with Crippen molar-refractivity contribution in [1.29, 1.82) is 0 Å². The number of rotatable bonds is 7. The van der Waals surface area contributed by atoms with Gasteiger partial charge in [0.05, 0.1) is 26.3 Å². The molecule has 1 aromatic heterocycles. The fourth-order valence-electron chi connectivity index (χ4n) is 2.39. The molecule has 26 heavy (non-hydrogen) atoms. The van der Waals surface area contributed by atoms with Gasteiger partial charge in [0.25, 0.3) is 6.54 Å². The van der Waals surface area contributed by atoms with Crippen LogP contribution in [0.25, 0.3) is 4.85 Å². The summed E-state index contributed by atoms with van der Waals surface area (Å²) in [5.74, 6) is -1.57. The predicted octanol–water partition coefficient (Wildman–Crippen LogP) is 2.21. The Bertz CT molecular complexity index is 721. The number of nitrogens with one attached hydrogen (secondary N) is 1. The van der Waals surface area contributed by atoms with Gasteiger partial charge in [-0.2, -0.15) is 0 Å². The molecule has 0 amide bonds. The second-order valence-electron chi connectivity index (χ2n) is 6.58. The number of aromatic nitrogens is 1. The van der Waals surface area contributed by atoms with E-state index in [1.54, 1.807) is 20.8 Å². The second-order valence-corrected chi connectivity index (χ2v) is 6.58. The van der Waals surface area contributed by atoms with Gasteiger partial charge in [0.2, 0.25) is 0 Å². The minimum atomic E-state index is -0.718. The first-order valence-corrected chi connectivity index (χ1v) is 8.05. The maximum Gasteiger partial charge on any atom is 0.355 e. The van der Waals surface area contributed by atoms with Crippen molar-refractivity contribution in [2.75, 3.05) is 14.2 Å². The van der Waals surface area contributed by atoms with E-state index in [9.17, 15) is 14.4 Å². The third-order valence-electron chi connectivity index (χ3n) is 3.50. The Kier molecular flexibility index (Phi) is 7.38. The normalized spacial score (nSPS) is 10.8. The lowest BCUT2D eigenvalue weighted by Gasteiger charge is -2.19. The van der Waals surface area contributed by atoms with E-state index in [-0.39, 0.29) is 31.5 Å². The molecule has 0 unspecified atom stereocenters. The molecular weight excluding hydrogens is 340 g/mol. The summed E-state index contributed by atoms with van der Waals surface area (Å²) in [5.41, 5.74) is 0.809. The predicted molar refractivity (Wildman–Crippen MR) is 92.3 cm³/mol. The number of carbonyl (C=O) groups is 3. The summed E-state index contributed by atoms with van der Waals surface area (Å²) in [4.78, 5) is 42.1. The van der Waals surface area contributed by atoms with Gasteiger partial charge >= 0.3 is 17.9 Å². The van der Waals surface area contributed by atoms with Crippen molar-refractivity contribution in [3.05, 3.63) is 33.9 Å². The van der Waals surface area contributed by atoms with Gasteiger partial charge in [0, 0.05) is 6.42 Å². The smallest absolute Gasteiger partial charge is 0.355 e. The van der Waals surface area contributed by atoms with Gasteiger partial charge in [-0.05, 0) is 38.3 Å². The molecule has 0 spiro atoms. The molecule has 8 heteroatoms. The first kappa shape index (κ1) is 21.2. The summed E-state index contributed by atoms with van der Waals surface area (Å²) in [7, 11) is 2.53. The van der Waals surface area contributed by atoms with Crippen LogP contribution in [0.2, 0.25) is 0 Å². The highest BCUT2D eigenvalue weighted by Crippen LogP contribution is 2.25. The highest BCUT2D eigenvalue weighted by molar-refractivity contribution is 5.91. The van der Waals surface area contributed by atoms with Gasteiger partial charge in [-0.15, -0.1) is 0 Å². The summed E-state index contributed by atoms with van der Waals surface area (Å²) >= 11 is 0. The first-order chi connectivity index (χ1) is 12.1. The van der Waals surface area contributed by atoms with Gasteiger partial charge < -0.3 is 24.0 Å². The Balaban J connectivity index is 3.38. The summed E-state index contributed by atoms with van der Waals surface area (Å²) in [6, 6.07) is 0. The average molecular weight is 364 g/mol. The number of carbonyl (C=O) groups excluding carboxylic acids is 3. The van der Waals surface area contributed by atoms with E-state index in [0.29, 0.717) is 16.8 Å². The minimum absolute atomic E-state index is 0.0236. The number of methoxy groups -OCH3 is 2. The maximum atomic E-state index is 12.6. The molecule has 1 rings (SSSR count). The highest BCUT2D eigenvalue weighted by atomic mass is 16.6. The number of ether oxygens (including phenoxy) is 3. The van der Waals surface area contributed by atoms with Crippen molar-refractivity contribution in [3.63, 3.8) is 0 Å². The molecule has 142 valence electrons. The van der Waals surface area contributed by atoms with Crippen LogP contribution in [-0.2, 0) is 43.2 Å².